The number of aryl methyl sites for hydroxylation is 1. The molecule has 1 atom stereocenters. The summed E-state index contributed by atoms with van der Waals surface area (Å²) < 4.78 is 13.1. The number of guanidine groups is 1. The topological polar surface area (TPSA) is 85.6 Å². The first kappa shape index (κ1) is 26.0. The molecule has 1 aromatic heterocycles. The average molecular weight is 576 g/mol. The fourth-order valence-corrected chi connectivity index (χ4v) is 3.83. The molecule has 0 saturated carbocycles. The van der Waals surface area contributed by atoms with Crippen LogP contribution in [0.4, 0.5) is 0 Å². The van der Waals surface area contributed by atoms with E-state index < -0.39 is 0 Å². The van der Waals surface area contributed by atoms with Crippen molar-refractivity contribution in [1.82, 2.24) is 25.4 Å². The van der Waals surface area contributed by atoms with Crippen LogP contribution < -0.4 is 15.4 Å². The van der Waals surface area contributed by atoms with Crippen LogP contribution in [0.5, 0.6) is 5.75 Å². The van der Waals surface area contributed by atoms with E-state index in [1.165, 1.54) is 0 Å². The maximum atomic E-state index is 5.96. The summed E-state index contributed by atoms with van der Waals surface area (Å²) in [6, 6.07) is 18.5. The minimum atomic E-state index is 0. The molecule has 0 radical (unpaired) electrons. The number of methoxy groups -OCH3 is 1. The highest BCUT2D eigenvalue weighted by molar-refractivity contribution is 14.0. The van der Waals surface area contributed by atoms with E-state index in [9.17, 15) is 0 Å². The van der Waals surface area contributed by atoms with E-state index in [1.54, 1.807) is 7.11 Å². The molecule has 2 aromatic carbocycles. The molecule has 2 N–H and O–H groups in total. The van der Waals surface area contributed by atoms with Crippen molar-refractivity contribution >= 4 is 29.9 Å². The number of nitrogens with zero attached hydrogens (tertiary/aromatic N) is 4. The van der Waals surface area contributed by atoms with Crippen molar-refractivity contribution in [2.75, 3.05) is 13.7 Å². The van der Waals surface area contributed by atoms with Crippen molar-refractivity contribution < 1.29 is 9.47 Å². The Kier molecular flexibility index (Phi) is 10.1. The second-order valence-electron chi connectivity index (χ2n) is 8.06. The average Bonchev–Trinajstić information content (AvgIpc) is 3.24. The van der Waals surface area contributed by atoms with E-state index in [1.807, 2.05) is 35.0 Å². The molecule has 4 rings (SSSR count). The van der Waals surface area contributed by atoms with E-state index in [4.69, 9.17) is 14.5 Å². The predicted molar refractivity (Wildman–Crippen MR) is 143 cm³/mol. The van der Waals surface area contributed by atoms with Gasteiger partial charge in [0, 0.05) is 26.1 Å². The van der Waals surface area contributed by atoms with Gasteiger partial charge in [-0.15, -0.1) is 24.0 Å². The molecule has 0 aliphatic carbocycles. The lowest BCUT2D eigenvalue weighted by atomic mass is 10.1. The Morgan fingerprint density at radius 3 is 2.74 bits per heavy atom. The van der Waals surface area contributed by atoms with Crippen LogP contribution in [0.3, 0.4) is 0 Å². The van der Waals surface area contributed by atoms with Crippen LogP contribution in [0.15, 0.2) is 59.6 Å². The molecule has 2 heterocycles. The number of nitrogens with one attached hydrogen (secondary N) is 2. The van der Waals surface area contributed by atoms with Crippen molar-refractivity contribution in [2.45, 2.75) is 52.1 Å². The van der Waals surface area contributed by atoms with Gasteiger partial charge in [-0.1, -0.05) is 42.5 Å². The number of benzene rings is 2. The van der Waals surface area contributed by atoms with Crippen molar-refractivity contribution in [3.63, 3.8) is 0 Å². The van der Waals surface area contributed by atoms with Gasteiger partial charge >= 0.3 is 0 Å². The number of hydrogen-bond acceptors (Lipinski definition) is 5. The monoisotopic (exact) mass is 576 g/mol. The van der Waals surface area contributed by atoms with Crippen LogP contribution in [-0.4, -0.2) is 40.4 Å². The quantitative estimate of drug-likeness (QED) is 0.230. The zero-order chi connectivity index (χ0) is 22.9. The minimum absolute atomic E-state index is 0. The van der Waals surface area contributed by atoms with Crippen molar-refractivity contribution in [3.8, 4) is 5.75 Å². The number of aliphatic imine (C=N–C) groups is 1. The molecule has 0 bridgehead atoms. The van der Waals surface area contributed by atoms with Crippen LogP contribution in [-0.2, 0) is 37.5 Å². The van der Waals surface area contributed by atoms with Crippen LogP contribution in [0.2, 0.25) is 0 Å². The van der Waals surface area contributed by atoms with E-state index >= 15 is 0 Å². The number of halogens is 1. The van der Waals surface area contributed by atoms with Crippen LogP contribution in [0.1, 0.15) is 36.1 Å². The molecule has 0 spiro atoms. The van der Waals surface area contributed by atoms with Crippen molar-refractivity contribution in [3.05, 3.63) is 77.4 Å². The highest BCUT2D eigenvalue weighted by Gasteiger charge is 2.22. The summed E-state index contributed by atoms with van der Waals surface area (Å²) in [6.45, 7) is 5.19. The molecular weight excluding hydrogens is 543 g/mol. The summed E-state index contributed by atoms with van der Waals surface area (Å²) in [6.07, 6.45) is 1.87. The smallest absolute Gasteiger partial charge is 0.191 e. The molecule has 34 heavy (non-hydrogen) atoms. The van der Waals surface area contributed by atoms with Gasteiger partial charge < -0.3 is 20.1 Å². The zero-order valence-corrected chi connectivity index (χ0v) is 22.1. The van der Waals surface area contributed by atoms with Gasteiger partial charge in [0.15, 0.2) is 11.8 Å². The third-order valence-electron chi connectivity index (χ3n) is 5.43. The second kappa shape index (κ2) is 13.3. The highest BCUT2D eigenvalue weighted by Crippen LogP contribution is 2.17. The van der Waals surface area contributed by atoms with Crippen molar-refractivity contribution in [1.29, 1.82) is 0 Å². The molecule has 1 unspecified atom stereocenters. The lowest BCUT2D eigenvalue weighted by Crippen LogP contribution is -2.47. The van der Waals surface area contributed by atoms with Gasteiger partial charge in [0.25, 0.3) is 0 Å². The lowest BCUT2D eigenvalue weighted by Gasteiger charge is -2.25. The second-order valence-corrected chi connectivity index (χ2v) is 8.06. The SMILES string of the molecule is CCNC(=NCc1cccc(OCc2ccccc2)c1)NC1CCc2nc(COC)nn2C1.I. The fraction of sp³-hybridized carbons (Fsp3) is 0.400. The normalized spacial score (nSPS) is 15.2. The maximum Gasteiger partial charge on any atom is 0.191 e. The zero-order valence-electron chi connectivity index (χ0n) is 19.7. The molecule has 1 aliphatic rings. The third-order valence-corrected chi connectivity index (χ3v) is 5.43. The minimum Gasteiger partial charge on any atom is -0.489 e. The summed E-state index contributed by atoms with van der Waals surface area (Å²) in [5, 5.41) is 11.5. The van der Waals surface area contributed by atoms with Crippen LogP contribution in [0.25, 0.3) is 0 Å². The first-order valence-corrected chi connectivity index (χ1v) is 11.5. The molecule has 0 fully saturated rings. The fourth-order valence-electron chi connectivity index (χ4n) is 3.83. The summed E-state index contributed by atoms with van der Waals surface area (Å²) >= 11 is 0. The van der Waals surface area contributed by atoms with Gasteiger partial charge in [0.05, 0.1) is 13.1 Å². The van der Waals surface area contributed by atoms with E-state index in [-0.39, 0.29) is 30.0 Å². The van der Waals surface area contributed by atoms with E-state index in [0.717, 1.165) is 60.4 Å². The van der Waals surface area contributed by atoms with Gasteiger partial charge in [-0.3, -0.25) is 0 Å². The molecule has 3 aromatic rings. The summed E-state index contributed by atoms with van der Waals surface area (Å²) in [4.78, 5) is 9.35. The Bertz CT molecular complexity index is 1060. The number of rotatable bonds is 9. The molecule has 182 valence electrons. The number of ether oxygens (including phenoxy) is 2. The summed E-state index contributed by atoms with van der Waals surface area (Å²) in [7, 11) is 1.66. The Morgan fingerprint density at radius 2 is 1.94 bits per heavy atom. The van der Waals surface area contributed by atoms with Crippen LogP contribution >= 0.6 is 24.0 Å². The van der Waals surface area contributed by atoms with Gasteiger partial charge in [-0.05, 0) is 36.6 Å². The maximum absolute atomic E-state index is 5.96. The first-order chi connectivity index (χ1) is 16.2. The standard InChI is InChI=1S/C25H32N6O2.HI/c1-3-26-25(28-21-12-13-24-29-23(18-32-2)30-31(24)16-21)27-15-20-10-7-11-22(14-20)33-17-19-8-5-4-6-9-19;/h4-11,14,21H,3,12-13,15-18H2,1-2H3,(H2,26,27,28);1H. The van der Waals surface area contributed by atoms with Gasteiger partial charge in [-0.2, -0.15) is 5.10 Å². The van der Waals surface area contributed by atoms with Crippen LogP contribution in [0, 0.1) is 0 Å². The Hall–Kier alpha value is -2.66. The largest absolute Gasteiger partial charge is 0.489 e. The predicted octanol–water partition coefficient (Wildman–Crippen LogP) is 3.69. The number of fused-ring (bicyclic) bond motifs is 1. The van der Waals surface area contributed by atoms with Gasteiger partial charge in [-0.25, -0.2) is 14.7 Å². The molecule has 0 saturated heterocycles. The lowest BCUT2D eigenvalue weighted by molar-refractivity contribution is 0.177. The van der Waals surface area contributed by atoms with Gasteiger partial charge in [0.1, 0.15) is 24.8 Å². The molecule has 0 amide bonds. The number of hydrogen-bond donors (Lipinski definition) is 2. The van der Waals surface area contributed by atoms with E-state index in [2.05, 4.69) is 51.9 Å². The Balaban J connectivity index is 0.00000324. The molecular formula is C25H33IN6O2. The molecule has 8 nitrogen and oxygen atoms in total. The molecule has 1 aliphatic heterocycles. The van der Waals surface area contributed by atoms with Gasteiger partial charge in [0.2, 0.25) is 0 Å². The Morgan fingerprint density at radius 1 is 1.12 bits per heavy atom. The Labute approximate surface area is 218 Å². The molecule has 9 heteroatoms. The van der Waals surface area contributed by atoms with E-state index in [0.29, 0.717) is 19.8 Å². The summed E-state index contributed by atoms with van der Waals surface area (Å²) in [5.41, 5.74) is 2.25. The third kappa shape index (κ3) is 7.42. The first-order valence-electron chi connectivity index (χ1n) is 11.5. The van der Waals surface area contributed by atoms with Crippen molar-refractivity contribution in [2.24, 2.45) is 4.99 Å². The number of aromatic nitrogens is 3. The summed E-state index contributed by atoms with van der Waals surface area (Å²) in [5.74, 6) is 3.42. The highest BCUT2D eigenvalue weighted by atomic mass is 127.